The van der Waals surface area contributed by atoms with E-state index in [9.17, 15) is 5.11 Å². The second-order valence-corrected chi connectivity index (χ2v) is 4.45. The Morgan fingerprint density at radius 3 is 2.50 bits per heavy atom. The molecule has 1 N–H and O–H groups in total. The zero-order valence-electron chi connectivity index (χ0n) is 10.8. The highest BCUT2D eigenvalue weighted by Gasteiger charge is 2.07. The molecule has 1 aromatic carbocycles. The van der Waals surface area contributed by atoms with E-state index in [-0.39, 0.29) is 6.10 Å². The van der Waals surface area contributed by atoms with Crippen molar-refractivity contribution in [3.05, 3.63) is 54.0 Å². The summed E-state index contributed by atoms with van der Waals surface area (Å²) in [5.74, 6) is 0.940. The van der Waals surface area contributed by atoms with Crippen LogP contribution in [0.4, 0.5) is 5.69 Å². The first-order valence-electron chi connectivity index (χ1n) is 6.22. The summed E-state index contributed by atoms with van der Waals surface area (Å²) in [6.07, 6.45) is 2.06. The average Bonchev–Trinajstić information content (AvgIpc) is 2.91. The van der Waals surface area contributed by atoms with Crippen LogP contribution in [0.2, 0.25) is 0 Å². The number of aliphatic hydroxyl groups excluding tert-OH is 1. The number of anilines is 1. The van der Waals surface area contributed by atoms with Crippen LogP contribution in [0.3, 0.4) is 0 Å². The summed E-state index contributed by atoms with van der Waals surface area (Å²) in [5, 5.41) is 9.74. The molecule has 0 saturated heterocycles. The highest BCUT2D eigenvalue weighted by molar-refractivity contribution is 5.47. The molecular weight excluding hydrogens is 226 g/mol. The number of hydrogen-bond acceptors (Lipinski definition) is 3. The lowest BCUT2D eigenvalue weighted by atomic mass is 10.1. The van der Waals surface area contributed by atoms with Gasteiger partial charge in [-0.2, -0.15) is 0 Å². The van der Waals surface area contributed by atoms with Crippen LogP contribution in [0.1, 0.15) is 30.8 Å². The van der Waals surface area contributed by atoms with E-state index < -0.39 is 0 Å². The van der Waals surface area contributed by atoms with Crippen LogP contribution in [0.5, 0.6) is 0 Å². The topological polar surface area (TPSA) is 36.6 Å². The highest BCUT2D eigenvalue weighted by atomic mass is 16.3. The molecule has 0 fully saturated rings. The van der Waals surface area contributed by atoms with Crippen LogP contribution in [0.25, 0.3) is 0 Å². The van der Waals surface area contributed by atoms with Gasteiger partial charge in [0, 0.05) is 12.7 Å². The molecule has 0 bridgehead atoms. The summed E-state index contributed by atoms with van der Waals surface area (Å²) in [6, 6.07) is 11.9. The minimum Gasteiger partial charge on any atom is -0.467 e. The Morgan fingerprint density at radius 1 is 1.22 bits per heavy atom. The van der Waals surface area contributed by atoms with Gasteiger partial charge in [-0.3, -0.25) is 0 Å². The van der Waals surface area contributed by atoms with Crippen molar-refractivity contribution in [2.75, 3.05) is 11.9 Å². The van der Waals surface area contributed by atoms with Crippen LogP contribution >= 0.6 is 0 Å². The normalized spacial score (nSPS) is 12.4. The standard InChI is InChI=1S/C15H19NO2/c1-3-15(17)12-6-8-13(9-7-12)16(2)11-14-5-4-10-18-14/h4-10,15,17H,3,11H2,1-2H3. The first kappa shape index (κ1) is 12.7. The van der Waals surface area contributed by atoms with Gasteiger partial charge in [-0.25, -0.2) is 0 Å². The largest absolute Gasteiger partial charge is 0.467 e. The van der Waals surface area contributed by atoms with Gasteiger partial charge in [0.05, 0.1) is 18.9 Å². The minimum atomic E-state index is -0.366. The Hall–Kier alpha value is -1.74. The van der Waals surface area contributed by atoms with Crippen molar-refractivity contribution >= 4 is 5.69 Å². The number of benzene rings is 1. The van der Waals surface area contributed by atoms with E-state index in [4.69, 9.17) is 4.42 Å². The molecule has 0 aliphatic carbocycles. The maximum absolute atomic E-state index is 9.74. The van der Waals surface area contributed by atoms with Gasteiger partial charge < -0.3 is 14.4 Å². The van der Waals surface area contributed by atoms with Crippen LogP contribution in [0, 0.1) is 0 Å². The summed E-state index contributed by atoms with van der Waals surface area (Å²) in [6.45, 7) is 2.71. The molecule has 18 heavy (non-hydrogen) atoms. The summed E-state index contributed by atoms with van der Waals surface area (Å²) < 4.78 is 5.32. The molecule has 3 heteroatoms. The van der Waals surface area contributed by atoms with Gasteiger partial charge in [0.15, 0.2) is 0 Å². The number of hydrogen-bond donors (Lipinski definition) is 1. The van der Waals surface area contributed by atoms with Gasteiger partial charge in [0.1, 0.15) is 5.76 Å². The number of aliphatic hydroxyl groups is 1. The molecule has 0 aliphatic heterocycles. The van der Waals surface area contributed by atoms with Crippen molar-refractivity contribution in [2.24, 2.45) is 0 Å². The molecule has 0 radical (unpaired) electrons. The van der Waals surface area contributed by atoms with Crippen molar-refractivity contribution < 1.29 is 9.52 Å². The fourth-order valence-corrected chi connectivity index (χ4v) is 1.91. The first-order chi connectivity index (χ1) is 8.70. The van der Waals surface area contributed by atoms with E-state index >= 15 is 0 Å². The third-order valence-electron chi connectivity index (χ3n) is 3.08. The smallest absolute Gasteiger partial charge is 0.123 e. The van der Waals surface area contributed by atoms with Gasteiger partial charge in [-0.05, 0) is 36.2 Å². The van der Waals surface area contributed by atoms with Gasteiger partial charge in [-0.1, -0.05) is 19.1 Å². The number of nitrogens with zero attached hydrogens (tertiary/aromatic N) is 1. The van der Waals surface area contributed by atoms with Crippen LogP contribution in [0.15, 0.2) is 47.1 Å². The highest BCUT2D eigenvalue weighted by Crippen LogP contribution is 2.21. The van der Waals surface area contributed by atoms with E-state index in [0.717, 1.165) is 30.0 Å². The summed E-state index contributed by atoms with van der Waals surface area (Å²) in [5.41, 5.74) is 2.08. The van der Waals surface area contributed by atoms with E-state index in [2.05, 4.69) is 4.90 Å². The van der Waals surface area contributed by atoms with Crippen molar-refractivity contribution in [2.45, 2.75) is 26.0 Å². The molecular formula is C15H19NO2. The third-order valence-corrected chi connectivity index (χ3v) is 3.08. The maximum Gasteiger partial charge on any atom is 0.123 e. The monoisotopic (exact) mass is 245 g/mol. The van der Waals surface area contributed by atoms with E-state index in [1.54, 1.807) is 6.26 Å². The Balaban J connectivity index is 2.04. The maximum atomic E-state index is 9.74. The van der Waals surface area contributed by atoms with Crippen LogP contribution < -0.4 is 4.90 Å². The molecule has 0 spiro atoms. The lowest BCUT2D eigenvalue weighted by Gasteiger charge is -2.18. The molecule has 96 valence electrons. The SMILES string of the molecule is CCC(O)c1ccc(N(C)Cc2ccco2)cc1. The van der Waals surface area contributed by atoms with Gasteiger partial charge in [-0.15, -0.1) is 0 Å². The fourth-order valence-electron chi connectivity index (χ4n) is 1.91. The Morgan fingerprint density at radius 2 is 1.94 bits per heavy atom. The van der Waals surface area contributed by atoms with E-state index in [1.165, 1.54) is 0 Å². The molecule has 1 aromatic heterocycles. The van der Waals surface area contributed by atoms with Gasteiger partial charge in [0.25, 0.3) is 0 Å². The number of rotatable bonds is 5. The number of furan rings is 1. The van der Waals surface area contributed by atoms with Crippen LogP contribution in [-0.2, 0) is 6.54 Å². The van der Waals surface area contributed by atoms with Gasteiger partial charge in [0.2, 0.25) is 0 Å². The summed E-state index contributed by atoms with van der Waals surface area (Å²) in [7, 11) is 2.02. The van der Waals surface area contributed by atoms with Crippen molar-refractivity contribution in [3.8, 4) is 0 Å². The Kier molecular flexibility index (Phi) is 4.05. The molecule has 1 unspecified atom stereocenters. The molecule has 0 aliphatic rings. The Bertz CT molecular complexity index is 462. The average molecular weight is 245 g/mol. The van der Waals surface area contributed by atoms with E-state index in [1.807, 2.05) is 50.4 Å². The molecule has 1 heterocycles. The van der Waals surface area contributed by atoms with Crippen molar-refractivity contribution in [1.29, 1.82) is 0 Å². The quantitative estimate of drug-likeness (QED) is 0.877. The molecule has 2 rings (SSSR count). The summed E-state index contributed by atoms with van der Waals surface area (Å²) >= 11 is 0. The minimum absolute atomic E-state index is 0.366. The van der Waals surface area contributed by atoms with Crippen LogP contribution in [-0.4, -0.2) is 12.2 Å². The molecule has 0 saturated carbocycles. The second kappa shape index (κ2) is 5.74. The second-order valence-electron chi connectivity index (χ2n) is 4.45. The lowest BCUT2D eigenvalue weighted by molar-refractivity contribution is 0.173. The zero-order chi connectivity index (χ0) is 13.0. The molecule has 3 nitrogen and oxygen atoms in total. The van der Waals surface area contributed by atoms with Gasteiger partial charge >= 0.3 is 0 Å². The van der Waals surface area contributed by atoms with Crippen molar-refractivity contribution in [1.82, 2.24) is 0 Å². The molecule has 2 aromatic rings. The molecule has 0 amide bonds. The predicted molar refractivity (Wildman–Crippen MR) is 72.5 cm³/mol. The first-order valence-corrected chi connectivity index (χ1v) is 6.22. The predicted octanol–water partition coefficient (Wildman–Crippen LogP) is 3.36. The Labute approximate surface area is 108 Å². The third kappa shape index (κ3) is 2.93. The van der Waals surface area contributed by atoms with Crippen molar-refractivity contribution in [3.63, 3.8) is 0 Å². The summed E-state index contributed by atoms with van der Waals surface area (Å²) in [4.78, 5) is 2.11. The molecule has 1 atom stereocenters. The zero-order valence-corrected chi connectivity index (χ0v) is 10.8. The fraction of sp³-hybridized carbons (Fsp3) is 0.333. The van der Waals surface area contributed by atoms with E-state index in [0.29, 0.717) is 0 Å². The lowest BCUT2D eigenvalue weighted by Crippen LogP contribution is -2.15.